The maximum Gasteiger partial charge on any atom is 0.254 e. The normalized spacial score (nSPS) is 17.4. The summed E-state index contributed by atoms with van der Waals surface area (Å²) in [5.74, 6) is 1.20. The molecule has 0 radical (unpaired) electrons. The Labute approximate surface area is 235 Å². The van der Waals surface area contributed by atoms with Crippen LogP contribution in [0.1, 0.15) is 56.2 Å². The van der Waals surface area contributed by atoms with E-state index in [4.69, 9.17) is 9.47 Å². The summed E-state index contributed by atoms with van der Waals surface area (Å²) in [6.45, 7) is 6.97. The number of hydrogen-bond acceptors (Lipinski definition) is 5. The molecule has 40 heavy (non-hydrogen) atoms. The van der Waals surface area contributed by atoms with Crippen LogP contribution in [0.2, 0.25) is 0 Å². The van der Waals surface area contributed by atoms with Crippen molar-refractivity contribution >= 4 is 5.91 Å². The van der Waals surface area contributed by atoms with Gasteiger partial charge in [0.1, 0.15) is 23.1 Å². The highest BCUT2D eigenvalue weighted by atomic mass is 19.1. The van der Waals surface area contributed by atoms with Gasteiger partial charge in [0.25, 0.3) is 5.56 Å². The second-order valence-corrected chi connectivity index (χ2v) is 11.6. The van der Waals surface area contributed by atoms with Gasteiger partial charge in [-0.25, -0.2) is 4.39 Å². The van der Waals surface area contributed by atoms with Crippen LogP contribution in [0.25, 0.3) is 11.1 Å². The van der Waals surface area contributed by atoms with Crippen LogP contribution >= 0.6 is 0 Å². The average Bonchev–Trinajstić information content (AvgIpc) is 2.87. The molecule has 2 aromatic carbocycles. The summed E-state index contributed by atoms with van der Waals surface area (Å²) in [6.07, 6.45) is 4.38. The number of pyridine rings is 1. The van der Waals surface area contributed by atoms with Crippen molar-refractivity contribution in [2.24, 2.45) is 13.0 Å². The number of aliphatic hydroxyl groups is 1. The van der Waals surface area contributed by atoms with Gasteiger partial charge < -0.3 is 24.0 Å². The van der Waals surface area contributed by atoms with Crippen LogP contribution in [0.5, 0.6) is 17.2 Å². The fourth-order valence-corrected chi connectivity index (χ4v) is 5.26. The molecule has 1 fully saturated rings. The zero-order chi connectivity index (χ0) is 29.4. The molecule has 3 aromatic rings. The predicted molar refractivity (Wildman–Crippen MR) is 153 cm³/mol. The monoisotopic (exact) mass is 550 g/mol. The van der Waals surface area contributed by atoms with Crippen molar-refractivity contribution in [1.82, 2.24) is 9.47 Å². The van der Waals surface area contributed by atoms with Gasteiger partial charge in [-0.05, 0) is 94.3 Å². The standard InChI is InChI=1S/C32H39FN2O5/c1-19-14-23(33)15-20(2)30(19)40-27-13-10-22(32(3,4)38)16-25(27)26-18-35(7)29(36)17-28(26)39-24-11-8-21(9-12-24)31(37)34(5)6/h10,13-18,21,24,38H,8-9,11-12H2,1-7H3/t21-,24-. The predicted octanol–water partition coefficient (Wildman–Crippen LogP) is 5.85. The Hall–Kier alpha value is -3.65. The molecule has 0 atom stereocenters. The van der Waals surface area contributed by atoms with Gasteiger partial charge in [-0.3, -0.25) is 9.59 Å². The number of hydrogen-bond donors (Lipinski definition) is 1. The highest BCUT2D eigenvalue weighted by molar-refractivity contribution is 5.78. The van der Waals surface area contributed by atoms with E-state index in [9.17, 15) is 19.1 Å². The Bertz CT molecular complexity index is 1440. The van der Waals surface area contributed by atoms with Crippen LogP contribution in [0.15, 0.2) is 47.4 Å². The first-order chi connectivity index (χ1) is 18.7. The topological polar surface area (TPSA) is 81.0 Å². The minimum Gasteiger partial charge on any atom is -0.490 e. The molecular weight excluding hydrogens is 511 g/mol. The lowest BCUT2D eigenvalue weighted by Gasteiger charge is -2.30. The van der Waals surface area contributed by atoms with Crippen LogP contribution in [-0.4, -0.2) is 40.7 Å². The Balaban J connectivity index is 1.76. The minimum atomic E-state index is -1.13. The van der Waals surface area contributed by atoms with Gasteiger partial charge in [0, 0.05) is 50.5 Å². The van der Waals surface area contributed by atoms with Gasteiger partial charge in [-0.15, -0.1) is 0 Å². The molecular formula is C32H39FN2O5. The number of carbonyl (C=O) groups is 1. The molecule has 1 aromatic heterocycles. The first-order valence-corrected chi connectivity index (χ1v) is 13.6. The molecule has 0 aliphatic heterocycles. The highest BCUT2D eigenvalue weighted by Crippen LogP contribution is 2.42. The number of rotatable bonds is 7. The van der Waals surface area contributed by atoms with Gasteiger partial charge in [0.15, 0.2) is 0 Å². The molecule has 1 aliphatic carbocycles. The largest absolute Gasteiger partial charge is 0.490 e. The van der Waals surface area contributed by atoms with Crippen molar-refractivity contribution in [3.05, 3.63) is 75.5 Å². The third kappa shape index (κ3) is 6.39. The van der Waals surface area contributed by atoms with Gasteiger partial charge in [-0.2, -0.15) is 0 Å². The molecule has 0 bridgehead atoms. The van der Waals surface area contributed by atoms with E-state index in [1.807, 2.05) is 6.07 Å². The van der Waals surface area contributed by atoms with Crippen molar-refractivity contribution in [3.63, 3.8) is 0 Å². The Morgan fingerprint density at radius 1 is 1.00 bits per heavy atom. The van der Waals surface area contributed by atoms with E-state index < -0.39 is 5.60 Å². The van der Waals surface area contributed by atoms with E-state index in [1.54, 1.807) is 72.1 Å². The van der Waals surface area contributed by atoms with Gasteiger partial charge in [0.05, 0.1) is 11.7 Å². The molecule has 4 rings (SSSR count). The van der Waals surface area contributed by atoms with E-state index in [0.717, 1.165) is 0 Å². The summed E-state index contributed by atoms with van der Waals surface area (Å²) in [5.41, 5.74) is 1.86. The Kier molecular flexibility index (Phi) is 8.40. The summed E-state index contributed by atoms with van der Waals surface area (Å²) in [6, 6.07) is 9.72. The van der Waals surface area contributed by atoms with E-state index in [-0.39, 0.29) is 29.3 Å². The number of amides is 1. The van der Waals surface area contributed by atoms with Crippen LogP contribution in [0.4, 0.5) is 4.39 Å². The number of aromatic nitrogens is 1. The maximum atomic E-state index is 14.0. The molecule has 0 saturated heterocycles. The van der Waals surface area contributed by atoms with Gasteiger partial charge in [-0.1, -0.05) is 6.07 Å². The van der Waals surface area contributed by atoms with Crippen molar-refractivity contribution in [2.45, 2.75) is 65.1 Å². The van der Waals surface area contributed by atoms with Crippen LogP contribution in [0.3, 0.4) is 0 Å². The number of nitrogens with zero attached hydrogens (tertiary/aromatic N) is 2. The quantitative estimate of drug-likeness (QED) is 0.399. The second-order valence-electron chi connectivity index (χ2n) is 11.6. The van der Waals surface area contributed by atoms with Crippen molar-refractivity contribution in [2.75, 3.05) is 14.1 Å². The van der Waals surface area contributed by atoms with E-state index in [0.29, 0.717) is 70.7 Å². The average molecular weight is 551 g/mol. The number of benzene rings is 2. The van der Waals surface area contributed by atoms with Crippen molar-refractivity contribution < 1.29 is 23.8 Å². The molecule has 1 N–H and O–H groups in total. The second kappa shape index (κ2) is 11.5. The number of halogens is 1. The van der Waals surface area contributed by atoms with E-state index >= 15 is 0 Å². The number of aryl methyl sites for hydroxylation is 3. The zero-order valence-electron chi connectivity index (χ0n) is 24.4. The summed E-state index contributed by atoms with van der Waals surface area (Å²) < 4.78 is 28.3. The zero-order valence-corrected chi connectivity index (χ0v) is 24.4. The SMILES string of the molecule is Cc1cc(F)cc(C)c1Oc1ccc(C(C)(C)O)cc1-c1cn(C)c(=O)cc1O[C@H]1CC[C@H](C(=O)N(C)C)CC1. The van der Waals surface area contributed by atoms with Crippen molar-refractivity contribution in [3.8, 4) is 28.4 Å². The molecule has 1 amide bonds. The molecule has 1 saturated carbocycles. The fourth-order valence-electron chi connectivity index (χ4n) is 5.26. The molecule has 7 nitrogen and oxygen atoms in total. The first kappa shape index (κ1) is 29.3. The summed E-state index contributed by atoms with van der Waals surface area (Å²) >= 11 is 0. The Morgan fingerprint density at radius 2 is 1.62 bits per heavy atom. The molecule has 0 unspecified atom stereocenters. The lowest BCUT2D eigenvalue weighted by molar-refractivity contribution is -0.134. The lowest BCUT2D eigenvalue weighted by Crippen LogP contribution is -2.34. The third-order valence-electron chi connectivity index (χ3n) is 7.56. The molecule has 1 heterocycles. The maximum absolute atomic E-state index is 14.0. The van der Waals surface area contributed by atoms with Crippen molar-refractivity contribution in [1.29, 1.82) is 0 Å². The van der Waals surface area contributed by atoms with Gasteiger partial charge in [0.2, 0.25) is 5.91 Å². The van der Waals surface area contributed by atoms with E-state index in [1.165, 1.54) is 22.8 Å². The molecule has 0 spiro atoms. The molecule has 214 valence electrons. The minimum absolute atomic E-state index is 0.0244. The van der Waals surface area contributed by atoms with Crippen LogP contribution in [0, 0.1) is 25.6 Å². The molecule has 8 heteroatoms. The molecule has 1 aliphatic rings. The lowest BCUT2D eigenvalue weighted by atomic mass is 9.86. The Morgan fingerprint density at radius 3 is 2.20 bits per heavy atom. The first-order valence-electron chi connectivity index (χ1n) is 13.6. The number of carbonyl (C=O) groups excluding carboxylic acids is 1. The summed E-state index contributed by atoms with van der Waals surface area (Å²) in [7, 11) is 5.21. The summed E-state index contributed by atoms with van der Waals surface area (Å²) in [5, 5.41) is 10.8. The van der Waals surface area contributed by atoms with E-state index in [2.05, 4.69) is 0 Å². The smallest absolute Gasteiger partial charge is 0.254 e. The summed E-state index contributed by atoms with van der Waals surface area (Å²) in [4.78, 5) is 26.8. The van der Waals surface area contributed by atoms with Gasteiger partial charge >= 0.3 is 0 Å². The third-order valence-corrected chi connectivity index (χ3v) is 7.56. The highest BCUT2D eigenvalue weighted by Gasteiger charge is 2.29. The fraction of sp³-hybridized carbons (Fsp3) is 0.438. The van der Waals surface area contributed by atoms with Crippen LogP contribution in [-0.2, 0) is 17.4 Å². The number of ether oxygens (including phenoxy) is 2. The van der Waals surface area contributed by atoms with Crippen LogP contribution < -0.4 is 15.0 Å².